The predicted octanol–water partition coefficient (Wildman–Crippen LogP) is 2.56. The van der Waals surface area contributed by atoms with Crippen LogP contribution in [0, 0.1) is 0 Å². The Labute approximate surface area is 150 Å². The topological polar surface area (TPSA) is 110 Å². The van der Waals surface area contributed by atoms with Gasteiger partial charge in [-0.05, 0) is 45.2 Å². The van der Waals surface area contributed by atoms with Gasteiger partial charge in [0.2, 0.25) is 5.28 Å². The maximum absolute atomic E-state index is 12.8. The minimum Gasteiger partial charge on any atom is -0.465 e. The van der Waals surface area contributed by atoms with Gasteiger partial charge in [-0.25, -0.2) is 19.6 Å². The molecule has 0 bridgehead atoms. The molecule has 25 heavy (non-hydrogen) atoms. The summed E-state index contributed by atoms with van der Waals surface area (Å²) >= 11 is 5.61. The molecule has 0 aromatic carbocycles. The zero-order chi connectivity index (χ0) is 18.8. The number of ketones is 1. The number of carboxylic acid groups (broad SMARTS) is 1. The highest BCUT2D eigenvalue weighted by Gasteiger charge is 2.53. The van der Waals surface area contributed by atoms with Gasteiger partial charge in [0.1, 0.15) is 5.60 Å². The van der Waals surface area contributed by atoms with Crippen LogP contribution in [-0.2, 0) is 9.53 Å². The van der Waals surface area contributed by atoms with E-state index in [9.17, 15) is 19.5 Å². The molecular formula is C16H20ClN3O5. The Morgan fingerprint density at radius 1 is 1.32 bits per heavy atom. The zero-order valence-electron chi connectivity index (χ0n) is 14.3. The van der Waals surface area contributed by atoms with E-state index in [1.807, 2.05) is 0 Å². The summed E-state index contributed by atoms with van der Waals surface area (Å²) in [5.74, 6) is -1.17. The molecule has 9 heteroatoms. The Hall–Kier alpha value is -2.22. The van der Waals surface area contributed by atoms with Crippen molar-refractivity contribution in [3.63, 3.8) is 0 Å². The highest BCUT2D eigenvalue weighted by atomic mass is 35.5. The zero-order valence-corrected chi connectivity index (χ0v) is 15.0. The molecular weight excluding hydrogens is 350 g/mol. The molecule has 1 amide bonds. The average molecular weight is 370 g/mol. The van der Waals surface area contributed by atoms with Gasteiger partial charge in [-0.1, -0.05) is 0 Å². The van der Waals surface area contributed by atoms with Gasteiger partial charge in [0.05, 0.1) is 5.56 Å². The standard InChI is InChI=1S/C16H20ClN3O5/c1-15(2,3)25-12(22)16(5-4-6-20(16)14(23)24)7-11(21)10-8-18-13(17)19-9-10/h8-9H,4-7H2,1-3H3,(H,23,24). The lowest BCUT2D eigenvalue weighted by Crippen LogP contribution is -2.56. The molecule has 1 aliphatic rings. The summed E-state index contributed by atoms with van der Waals surface area (Å²) in [6.45, 7) is 5.23. The molecule has 136 valence electrons. The number of nitrogens with zero attached hydrogens (tertiary/aromatic N) is 3. The normalized spacial score (nSPS) is 20.4. The fourth-order valence-corrected chi connectivity index (χ4v) is 2.92. The van der Waals surface area contributed by atoms with Gasteiger partial charge in [-0.15, -0.1) is 0 Å². The predicted molar refractivity (Wildman–Crippen MR) is 88.5 cm³/mol. The fourth-order valence-electron chi connectivity index (χ4n) is 2.82. The Morgan fingerprint density at radius 2 is 1.92 bits per heavy atom. The van der Waals surface area contributed by atoms with E-state index in [-0.39, 0.29) is 30.2 Å². The highest BCUT2D eigenvalue weighted by molar-refractivity contribution is 6.28. The summed E-state index contributed by atoms with van der Waals surface area (Å²) in [4.78, 5) is 45.5. The van der Waals surface area contributed by atoms with Gasteiger partial charge in [0.15, 0.2) is 11.3 Å². The number of halogens is 1. The van der Waals surface area contributed by atoms with Gasteiger partial charge in [0, 0.05) is 25.4 Å². The van der Waals surface area contributed by atoms with E-state index >= 15 is 0 Å². The van der Waals surface area contributed by atoms with Crippen LogP contribution in [0.3, 0.4) is 0 Å². The lowest BCUT2D eigenvalue weighted by Gasteiger charge is -2.36. The number of hydrogen-bond donors (Lipinski definition) is 1. The lowest BCUT2D eigenvalue weighted by molar-refractivity contribution is -0.167. The summed E-state index contributed by atoms with van der Waals surface area (Å²) in [6.07, 6.45) is 1.59. The van der Waals surface area contributed by atoms with Crippen molar-refractivity contribution in [2.45, 2.75) is 51.2 Å². The maximum Gasteiger partial charge on any atom is 0.408 e. The van der Waals surface area contributed by atoms with Gasteiger partial charge in [-0.3, -0.25) is 9.69 Å². The van der Waals surface area contributed by atoms with Gasteiger partial charge in [0.25, 0.3) is 0 Å². The lowest BCUT2D eigenvalue weighted by atomic mass is 9.88. The van der Waals surface area contributed by atoms with Crippen LogP contribution in [0.1, 0.15) is 50.4 Å². The van der Waals surface area contributed by atoms with Crippen molar-refractivity contribution in [3.8, 4) is 0 Å². The SMILES string of the molecule is CC(C)(C)OC(=O)C1(CC(=O)c2cnc(Cl)nc2)CCCN1C(=O)O. The number of esters is 1. The number of Topliss-reactive ketones (excluding diaryl/α,β-unsaturated/α-hetero) is 1. The number of carbonyl (C=O) groups excluding carboxylic acids is 2. The molecule has 2 heterocycles. The highest BCUT2D eigenvalue weighted by Crippen LogP contribution is 2.36. The van der Waals surface area contributed by atoms with E-state index in [1.54, 1.807) is 20.8 Å². The number of likely N-dealkylation sites (tertiary alicyclic amines) is 1. The second-order valence-electron chi connectivity index (χ2n) is 6.91. The largest absolute Gasteiger partial charge is 0.465 e. The van der Waals surface area contributed by atoms with Crippen molar-refractivity contribution in [3.05, 3.63) is 23.2 Å². The van der Waals surface area contributed by atoms with E-state index in [0.717, 1.165) is 4.90 Å². The van der Waals surface area contributed by atoms with Crippen molar-refractivity contribution in [1.29, 1.82) is 0 Å². The summed E-state index contributed by atoms with van der Waals surface area (Å²) in [7, 11) is 0. The summed E-state index contributed by atoms with van der Waals surface area (Å²) in [5, 5.41) is 9.47. The first kappa shape index (κ1) is 19.1. The summed E-state index contributed by atoms with van der Waals surface area (Å²) < 4.78 is 5.41. The molecule has 8 nitrogen and oxygen atoms in total. The number of aromatic nitrogens is 2. The minimum absolute atomic E-state index is 0.00793. The monoisotopic (exact) mass is 369 g/mol. The van der Waals surface area contributed by atoms with Crippen LogP contribution in [0.4, 0.5) is 4.79 Å². The van der Waals surface area contributed by atoms with Crippen LogP contribution >= 0.6 is 11.6 Å². The first-order valence-corrected chi connectivity index (χ1v) is 8.18. The van der Waals surface area contributed by atoms with E-state index < -0.39 is 29.0 Å². The van der Waals surface area contributed by atoms with Crippen molar-refractivity contribution in [2.24, 2.45) is 0 Å². The van der Waals surface area contributed by atoms with Crippen LogP contribution in [0.2, 0.25) is 5.28 Å². The van der Waals surface area contributed by atoms with E-state index in [1.165, 1.54) is 12.4 Å². The fraction of sp³-hybridized carbons (Fsp3) is 0.562. The quantitative estimate of drug-likeness (QED) is 0.493. The summed E-state index contributed by atoms with van der Waals surface area (Å²) in [5.41, 5.74) is -2.19. The molecule has 0 saturated carbocycles. The molecule has 0 spiro atoms. The second-order valence-corrected chi connectivity index (χ2v) is 7.25. The minimum atomic E-state index is -1.55. The molecule has 1 aliphatic heterocycles. The van der Waals surface area contributed by atoms with E-state index in [4.69, 9.17) is 16.3 Å². The maximum atomic E-state index is 12.8. The number of hydrogen-bond acceptors (Lipinski definition) is 6. The van der Waals surface area contributed by atoms with Gasteiger partial charge in [-0.2, -0.15) is 0 Å². The first-order chi connectivity index (χ1) is 11.5. The van der Waals surface area contributed by atoms with Crippen molar-refractivity contribution < 1.29 is 24.2 Å². The van der Waals surface area contributed by atoms with Crippen LogP contribution in [0.25, 0.3) is 0 Å². The third-order valence-electron chi connectivity index (χ3n) is 3.89. The van der Waals surface area contributed by atoms with Crippen LogP contribution < -0.4 is 0 Å². The van der Waals surface area contributed by atoms with Crippen molar-refractivity contribution >= 4 is 29.4 Å². The van der Waals surface area contributed by atoms with E-state index in [0.29, 0.717) is 6.42 Å². The molecule has 1 aromatic heterocycles. The molecule has 1 aromatic rings. The Balaban J connectivity index is 2.35. The van der Waals surface area contributed by atoms with Crippen LogP contribution in [0.15, 0.2) is 12.4 Å². The Morgan fingerprint density at radius 3 is 2.44 bits per heavy atom. The second kappa shape index (κ2) is 6.95. The molecule has 1 saturated heterocycles. The Kier molecular flexibility index (Phi) is 5.31. The molecule has 1 atom stereocenters. The molecule has 1 unspecified atom stereocenters. The third-order valence-corrected chi connectivity index (χ3v) is 4.09. The smallest absolute Gasteiger partial charge is 0.408 e. The van der Waals surface area contributed by atoms with Crippen LogP contribution in [-0.4, -0.2) is 55.5 Å². The molecule has 2 rings (SSSR count). The number of rotatable bonds is 4. The number of carbonyl (C=O) groups is 3. The molecule has 1 N–H and O–H groups in total. The first-order valence-electron chi connectivity index (χ1n) is 7.80. The number of ether oxygens (including phenoxy) is 1. The van der Waals surface area contributed by atoms with Crippen molar-refractivity contribution in [2.75, 3.05) is 6.54 Å². The molecule has 0 aliphatic carbocycles. The molecule has 0 radical (unpaired) electrons. The third kappa shape index (κ3) is 4.25. The van der Waals surface area contributed by atoms with E-state index in [2.05, 4.69) is 9.97 Å². The van der Waals surface area contributed by atoms with Crippen molar-refractivity contribution in [1.82, 2.24) is 14.9 Å². The van der Waals surface area contributed by atoms with Gasteiger partial charge >= 0.3 is 12.1 Å². The average Bonchev–Trinajstić information content (AvgIpc) is 2.91. The van der Waals surface area contributed by atoms with Crippen LogP contribution in [0.5, 0.6) is 0 Å². The van der Waals surface area contributed by atoms with Gasteiger partial charge < -0.3 is 9.84 Å². The summed E-state index contributed by atoms with van der Waals surface area (Å²) in [6, 6.07) is 0. The number of amides is 1. The molecule has 1 fully saturated rings. The Bertz CT molecular complexity index is 686.